The number of para-hydroxylation sites is 1. The molecule has 1 aliphatic rings. The Labute approximate surface area is 110 Å². The van der Waals surface area contributed by atoms with E-state index in [-0.39, 0.29) is 0 Å². The van der Waals surface area contributed by atoms with Crippen LogP contribution in [0.4, 0.5) is 5.82 Å². The van der Waals surface area contributed by atoms with Crippen molar-refractivity contribution in [2.45, 2.75) is 17.5 Å². The van der Waals surface area contributed by atoms with Crippen LogP contribution in [0.5, 0.6) is 0 Å². The summed E-state index contributed by atoms with van der Waals surface area (Å²) in [5.41, 5.74) is 1.04. The number of rotatable bonds is 1. The molecule has 0 spiro atoms. The maximum absolute atomic E-state index is 4.48. The Morgan fingerprint density at radius 1 is 1.12 bits per heavy atom. The van der Waals surface area contributed by atoms with Gasteiger partial charge in [-0.2, -0.15) is 0 Å². The van der Waals surface area contributed by atoms with E-state index in [4.69, 9.17) is 0 Å². The second kappa shape index (κ2) is 4.65. The van der Waals surface area contributed by atoms with Crippen LogP contribution in [0.15, 0.2) is 30.6 Å². The molecule has 0 saturated carbocycles. The van der Waals surface area contributed by atoms with Crippen molar-refractivity contribution >= 4 is 33.6 Å². The number of hydrogen-bond acceptors (Lipinski definition) is 3. The third-order valence-corrected chi connectivity index (χ3v) is 4.76. The molecule has 1 aromatic heterocycles. The van der Waals surface area contributed by atoms with Gasteiger partial charge in [0.25, 0.3) is 0 Å². The zero-order chi connectivity index (χ0) is 11.7. The number of anilines is 1. The van der Waals surface area contributed by atoms with Gasteiger partial charge in [-0.3, -0.25) is 0 Å². The van der Waals surface area contributed by atoms with Crippen LogP contribution in [-0.4, -0.2) is 39.9 Å². The van der Waals surface area contributed by atoms with E-state index in [1.807, 2.05) is 22.9 Å². The fraction of sp³-hybridized carbons (Fsp3) is 0.385. The summed E-state index contributed by atoms with van der Waals surface area (Å²) in [5, 5.41) is 1.18. The molecule has 0 radical (unpaired) electrons. The Kier molecular flexibility index (Phi) is 3.02. The van der Waals surface area contributed by atoms with Crippen molar-refractivity contribution in [3.8, 4) is 0 Å². The molecule has 1 aliphatic heterocycles. The molecule has 88 valence electrons. The van der Waals surface area contributed by atoms with E-state index in [2.05, 4.69) is 33.1 Å². The van der Waals surface area contributed by atoms with Gasteiger partial charge in [-0.1, -0.05) is 0 Å². The van der Waals surface area contributed by atoms with Crippen molar-refractivity contribution < 1.29 is 0 Å². The molecule has 3 rings (SSSR count). The average Bonchev–Trinajstić information content (AvgIpc) is 2.39. The Morgan fingerprint density at radius 2 is 1.88 bits per heavy atom. The Bertz CT molecular complexity index is 516. The normalized spacial score (nSPS) is 17.6. The molecular formula is C13H16AsN3. The van der Waals surface area contributed by atoms with E-state index in [0.29, 0.717) is 0 Å². The van der Waals surface area contributed by atoms with E-state index < -0.39 is 0 Å². The van der Waals surface area contributed by atoms with Crippen molar-refractivity contribution in [3.05, 3.63) is 30.6 Å². The quantitative estimate of drug-likeness (QED) is 0.748. The summed E-state index contributed by atoms with van der Waals surface area (Å²) in [6.07, 6.45) is 4.26. The molecule has 2 heterocycles. The van der Waals surface area contributed by atoms with Crippen LogP contribution in [0.2, 0.25) is 4.71 Å². The molecule has 17 heavy (non-hydrogen) atoms. The molecule has 1 saturated heterocycles. The van der Waals surface area contributed by atoms with Gasteiger partial charge in [-0.25, -0.2) is 0 Å². The Balaban J connectivity index is 2.00. The van der Waals surface area contributed by atoms with Gasteiger partial charge in [0.15, 0.2) is 0 Å². The average molecular weight is 289 g/mol. The van der Waals surface area contributed by atoms with Crippen molar-refractivity contribution in [3.63, 3.8) is 0 Å². The minimum absolute atomic E-state index is 0.909. The molecule has 0 aliphatic carbocycles. The fourth-order valence-electron chi connectivity index (χ4n) is 2.35. The third kappa shape index (κ3) is 2.16. The van der Waals surface area contributed by atoms with Crippen LogP contribution in [-0.2, 0) is 0 Å². The van der Waals surface area contributed by atoms with Crippen molar-refractivity contribution in [1.29, 1.82) is 0 Å². The molecule has 0 N–H and O–H groups in total. The Morgan fingerprint density at radius 3 is 2.71 bits per heavy atom. The van der Waals surface area contributed by atoms with Gasteiger partial charge in [0, 0.05) is 0 Å². The zero-order valence-electron chi connectivity index (χ0n) is 9.71. The maximum atomic E-state index is 4.48. The first-order valence-corrected chi connectivity index (χ1v) is 7.45. The molecule has 0 bridgehead atoms. The number of piperidine rings is 1. The third-order valence-electron chi connectivity index (χ3n) is 3.36. The fourth-order valence-corrected chi connectivity index (χ4v) is 2.98. The number of fused-ring (bicyclic) bond motifs is 1. The molecule has 3 nitrogen and oxygen atoms in total. The van der Waals surface area contributed by atoms with Gasteiger partial charge in [0.1, 0.15) is 0 Å². The van der Waals surface area contributed by atoms with Crippen LogP contribution >= 0.6 is 0 Å². The molecule has 1 atom stereocenters. The number of aromatic nitrogens is 2. The number of hydrogen-bond donors (Lipinski definition) is 0. The molecular weight excluding hydrogens is 273 g/mol. The second-order valence-electron chi connectivity index (χ2n) is 4.54. The second-order valence-corrected chi connectivity index (χ2v) is 6.52. The number of nitrogens with zero attached hydrogens (tertiary/aromatic N) is 3. The predicted molar refractivity (Wildman–Crippen MR) is 73.3 cm³/mol. The van der Waals surface area contributed by atoms with E-state index in [0.717, 1.165) is 29.1 Å². The molecule has 0 amide bonds. The van der Waals surface area contributed by atoms with Crippen molar-refractivity contribution in [2.24, 2.45) is 0 Å². The van der Waals surface area contributed by atoms with E-state index in [1.54, 1.807) is 6.33 Å². The summed E-state index contributed by atoms with van der Waals surface area (Å²) >= 11 is 1.88. The molecule has 1 unspecified atom stereocenters. The SMILES string of the molecule is [AsH2]C1CCN(c2ncnc3ccccc23)CC1. The van der Waals surface area contributed by atoms with E-state index in [9.17, 15) is 0 Å². The van der Waals surface area contributed by atoms with Gasteiger partial charge < -0.3 is 0 Å². The van der Waals surface area contributed by atoms with Gasteiger partial charge in [-0.15, -0.1) is 0 Å². The van der Waals surface area contributed by atoms with E-state index in [1.165, 1.54) is 18.2 Å². The minimum atomic E-state index is 0.909. The van der Waals surface area contributed by atoms with Gasteiger partial charge in [-0.05, 0) is 0 Å². The van der Waals surface area contributed by atoms with Crippen LogP contribution < -0.4 is 4.90 Å². The predicted octanol–water partition coefficient (Wildman–Crippen LogP) is 1.65. The van der Waals surface area contributed by atoms with Gasteiger partial charge >= 0.3 is 110 Å². The first-order valence-electron chi connectivity index (χ1n) is 6.05. The molecule has 2 aromatic rings. The zero-order valence-corrected chi connectivity index (χ0v) is 12.1. The number of benzene rings is 1. The summed E-state index contributed by atoms with van der Waals surface area (Å²) in [6, 6.07) is 8.26. The monoisotopic (exact) mass is 289 g/mol. The first kappa shape index (κ1) is 11.0. The van der Waals surface area contributed by atoms with Crippen LogP contribution in [0.1, 0.15) is 12.8 Å². The van der Waals surface area contributed by atoms with Crippen LogP contribution in [0.3, 0.4) is 0 Å². The van der Waals surface area contributed by atoms with E-state index >= 15 is 0 Å². The van der Waals surface area contributed by atoms with Crippen molar-refractivity contribution in [1.82, 2.24) is 9.97 Å². The van der Waals surface area contributed by atoms with Gasteiger partial charge in [0.2, 0.25) is 0 Å². The van der Waals surface area contributed by atoms with Gasteiger partial charge in [0.05, 0.1) is 0 Å². The summed E-state index contributed by atoms with van der Waals surface area (Å²) in [4.78, 5) is 11.2. The molecule has 1 fully saturated rings. The summed E-state index contributed by atoms with van der Waals surface area (Å²) in [5.74, 6) is 1.11. The summed E-state index contributed by atoms with van der Waals surface area (Å²) in [6.45, 7) is 2.26. The topological polar surface area (TPSA) is 29.0 Å². The first-order chi connectivity index (χ1) is 8.34. The van der Waals surface area contributed by atoms with Crippen molar-refractivity contribution in [2.75, 3.05) is 18.0 Å². The van der Waals surface area contributed by atoms with Crippen LogP contribution in [0, 0.1) is 0 Å². The summed E-state index contributed by atoms with van der Waals surface area (Å²) < 4.78 is 0.909. The molecule has 1 aromatic carbocycles. The van der Waals surface area contributed by atoms with Crippen LogP contribution in [0.25, 0.3) is 10.9 Å². The summed E-state index contributed by atoms with van der Waals surface area (Å²) in [7, 11) is 0. The molecule has 4 heteroatoms. The Hall–Kier alpha value is -1.08. The standard InChI is InChI=1S/C13H16AsN3/c14-10-5-7-17(8-6-10)13-11-3-1-2-4-12(11)15-9-16-13/h1-4,9-10H,5-8,14H2.